The predicted molar refractivity (Wildman–Crippen MR) is 89.3 cm³/mol. The molecule has 1 saturated heterocycles. The zero-order valence-corrected chi connectivity index (χ0v) is 14.5. The number of hydrogen-bond acceptors (Lipinski definition) is 5. The van der Waals surface area contributed by atoms with Crippen molar-refractivity contribution in [3.05, 3.63) is 12.7 Å². The van der Waals surface area contributed by atoms with Gasteiger partial charge in [-0.25, -0.2) is 0 Å². The van der Waals surface area contributed by atoms with Crippen molar-refractivity contribution in [1.82, 2.24) is 4.90 Å². The molecule has 0 aromatic carbocycles. The Kier molecular flexibility index (Phi) is 7.53. The number of hydrogen-bond donors (Lipinski definition) is 0. The predicted octanol–water partition coefficient (Wildman–Crippen LogP) is 2.40. The summed E-state index contributed by atoms with van der Waals surface area (Å²) in [6.07, 6.45) is 7.05. The quantitative estimate of drug-likeness (QED) is 0.507. The Balaban J connectivity index is 1.65. The molecular formula is C18H31NO4. The van der Waals surface area contributed by atoms with Crippen LogP contribution in [0.25, 0.3) is 0 Å². The van der Waals surface area contributed by atoms with Crippen LogP contribution in [-0.2, 0) is 19.0 Å². The van der Waals surface area contributed by atoms with E-state index in [0.29, 0.717) is 19.3 Å². The number of likely N-dealkylation sites (N-methyl/N-ethyl adjacent to an activating group) is 1. The molecule has 2 unspecified atom stereocenters. The van der Waals surface area contributed by atoms with Gasteiger partial charge < -0.3 is 14.2 Å². The molecule has 0 spiro atoms. The second-order valence-corrected chi connectivity index (χ2v) is 6.63. The van der Waals surface area contributed by atoms with Crippen molar-refractivity contribution in [1.29, 1.82) is 0 Å². The van der Waals surface area contributed by atoms with E-state index in [2.05, 4.69) is 18.5 Å². The van der Waals surface area contributed by atoms with Crippen LogP contribution >= 0.6 is 0 Å². The molecular weight excluding hydrogens is 294 g/mol. The highest BCUT2D eigenvalue weighted by molar-refractivity contribution is 5.72. The Morgan fingerprint density at radius 3 is 2.61 bits per heavy atom. The molecule has 0 aromatic heterocycles. The van der Waals surface area contributed by atoms with E-state index in [1.54, 1.807) is 6.08 Å². The van der Waals surface area contributed by atoms with Crippen LogP contribution in [0.2, 0.25) is 0 Å². The van der Waals surface area contributed by atoms with Gasteiger partial charge in [-0.15, -0.1) is 6.58 Å². The first-order chi connectivity index (χ1) is 11.1. The fourth-order valence-electron chi connectivity index (χ4n) is 3.52. The Bertz CT molecular complexity index is 379. The normalized spacial score (nSPS) is 31.9. The highest BCUT2D eigenvalue weighted by atomic mass is 16.5. The first-order valence-electron chi connectivity index (χ1n) is 8.85. The lowest BCUT2D eigenvalue weighted by atomic mass is 9.87. The van der Waals surface area contributed by atoms with Gasteiger partial charge in [-0.05, 0) is 46.1 Å². The minimum absolute atomic E-state index is 0.0383. The zero-order chi connectivity index (χ0) is 16.7. The average Bonchev–Trinajstić information content (AvgIpc) is 2.91. The maximum Gasteiger partial charge on any atom is 0.308 e. The largest absolute Gasteiger partial charge is 0.466 e. The first kappa shape index (κ1) is 18.4. The molecule has 0 aromatic rings. The third-order valence-corrected chi connectivity index (χ3v) is 4.92. The van der Waals surface area contributed by atoms with Gasteiger partial charge in [0.25, 0.3) is 0 Å². The standard InChI is InChI=1S/C18H31NO4/c1-4-10-22-17-11-15(19(3)12-17)13-23-16-8-6-14(7-9-16)18(20)21-5-2/h4,14-17H,1,5-13H2,2-3H3. The molecule has 0 radical (unpaired) electrons. The lowest BCUT2D eigenvalue weighted by Crippen LogP contribution is -2.33. The number of likely N-dealkylation sites (tertiary alicyclic amines) is 1. The molecule has 1 saturated carbocycles. The number of nitrogens with zero attached hydrogens (tertiary/aromatic N) is 1. The van der Waals surface area contributed by atoms with Gasteiger partial charge in [0.15, 0.2) is 0 Å². The molecule has 132 valence electrons. The summed E-state index contributed by atoms with van der Waals surface area (Å²) in [4.78, 5) is 14.1. The summed E-state index contributed by atoms with van der Waals surface area (Å²) in [5.74, 6) is 0.0318. The van der Waals surface area contributed by atoms with Gasteiger partial charge in [0.1, 0.15) is 0 Å². The van der Waals surface area contributed by atoms with E-state index in [1.807, 2.05) is 6.92 Å². The molecule has 2 fully saturated rings. The van der Waals surface area contributed by atoms with Crippen molar-refractivity contribution in [3.8, 4) is 0 Å². The van der Waals surface area contributed by atoms with Crippen LogP contribution in [0.1, 0.15) is 39.0 Å². The maximum absolute atomic E-state index is 11.7. The second-order valence-electron chi connectivity index (χ2n) is 6.63. The minimum Gasteiger partial charge on any atom is -0.466 e. The minimum atomic E-state index is -0.0383. The monoisotopic (exact) mass is 325 g/mol. The van der Waals surface area contributed by atoms with Crippen molar-refractivity contribution in [2.75, 3.05) is 33.4 Å². The van der Waals surface area contributed by atoms with Crippen LogP contribution < -0.4 is 0 Å². The van der Waals surface area contributed by atoms with Gasteiger partial charge in [0.2, 0.25) is 0 Å². The fourth-order valence-corrected chi connectivity index (χ4v) is 3.52. The summed E-state index contributed by atoms with van der Waals surface area (Å²) in [5.41, 5.74) is 0. The number of ether oxygens (including phenoxy) is 3. The molecule has 5 heteroatoms. The summed E-state index contributed by atoms with van der Waals surface area (Å²) in [6.45, 7) is 8.34. The van der Waals surface area contributed by atoms with E-state index in [-0.39, 0.29) is 24.1 Å². The number of carbonyl (C=O) groups excluding carboxylic acids is 1. The SMILES string of the molecule is C=CCOC1CC(COC2CCC(C(=O)OCC)CC2)N(C)C1. The van der Waals surface area contributed by atoms with Crippen LogP contribution in [0.5, 0.6) is 0 Å². The van der Waals surface area contributed by atoms with E-state index in [0.717, 1.165) is 45.3 Å². The average molecular weight is 325 g/mol. The third kappa shape index (κ3) is 5.59. The van der Waals surface area contributed by atoms with Crippen molar-refractivity contribution in [2.24, 2.45) is 5.92 Å². The summed E-state index contributed by atoms with van der Waals surface area (Å²) < 4.78 is 17.0. The summed E-state index contributed by atoms with van der Waals surface area (Å²) in [7, 11) is 2.13. The molecule has 0 bridgehead atoms. The van der Waals surface area contributed by atoms with Gasteiger partial charge in [0, 0.05) is 12.6 Å². The molecule has 0 N–H and O–H groups in total. The second kappa shape index (κ2) is 9.40. The molecule has 2 rings (SSSR count). The van der Waals surface area contributed by atoms with Crippen LogP contribution in [0, 0.1) is 5.92 Å². The number of esters is 1. The topological polar surface area (TPSA) is 48.0 Å². The Hall–Kier alpha value is -0.910. The number of rotatable bonds is 8. The Labute approximate surface area is 140 Å². The third-order valence-electron chi connectivity index (χ3n) is 4.92. The van der Waals surface area contributed by atoms with Crippen LogP contribution in [0.15, 0.2) is 12.7 Å². The van der Waals surface area contributed by atoms with E-state index in [4.69, 9.17) is 14.2 Å². The lowest BCUT2D eigenvalue weighted by Gasteiger charge is -2.29. The van der Waals surface area contributed by atoms with Crippen LogP contribution in [0.4, 0.5) is 0 Å². The zero-order valence-electron chi connectivity index (χ0n) is 14.5. The fraction of sp³-hybridized carbons (Fsp3) is 0.833. The molecule has 2 aliphatic rings. The highest BCUT2D eigenvalue weighted by Crippen LogP contribution is 2.28. The number of carbonyl (C=O) groups is 1. The van der Waals surface area contributed by atoms with Crippen molar-refractivity contribution < 1.29 is 19.0 Å². The van der Waals surface area contributed by atoms with Crippen LogP contribution in [-0.4, -0.2) is 62.5 Å². The molecule has 23 heavy (non-hydrogen) atoms. The molecule has 1 aliphatic carbocycles. The Morgan fingerprint density at radius 2 is 1.96 bits per heavy atom. The highest BCUT2D eigenvalue weighted by Gasteiger charge is 2.32. The molecule has 1 heterocycles. The van der Waals surface area contributed by atoms with Gasteiger partial charge >= 0.3 is 5.97 Å². The van der Waals surface area contributed by atoms with E-state index in [1.165, 1.54) is 0 Å². The first-order valence-corrected chi connectivity index (χ1v) is 8.85. The summed E-state index contributed by atoms with van der Waals surface area (Å²) in [6, 6.07) is 0.424. The van der Waals surface area contributed by atoms with Crippen LogP contribution in [0.3, 0.4) is 0 Å². The van der Waals surface area contributed by atoms with Gasteiger partial charge in [-0.1, -0.05) is 6.08 Å². The Morgan fingerprint density at radius 1 is 1.22 bits per heavy atom. The molecule has 5 nitrogen and oxygen atoms in total. The van der Waals surface area contributed by atoms with Gasteiger partial charge in [0.05, 0.1) is 37.9 Å². The molecule has 0 amide bonds. The molecule has 2 atom stereocenters. The summed E-state index contributed by atoms with van der Waals surface area (Å²) >= 11 is 0. The van der Waals surface area contributed by atoms with Gasteiger partial charge in [-0.2, -0.15) is 0 Å². The smallest absolute Gasteiger partial charge is 0.308 e. The lowest BCUT2D eigenvalue weighted by molar-refractivity contribution is -0.150. The van der Waals surface area contributed by atoms with E-state index >= 15 is 0 Å². The maximum atomic E-state index is 11.7. The van der Waals surface area contributed by atoms with Crippen molar-refractivity contribution >= 4 is 5.97 Å². The van der Waals surface area contributed by atoms with Crippen molar-refractivity contribution in [2.45, 2.75) is 57.3 Å². The van der Waals surface area contributed by atoms with E-state index in [9.17, 15) is 4.79 Å². The van der Waals surface area contributed by atoms with E-state index < -0.39 is 0 Å². The molecule has 1 aliphatic heterocycles. The van der Waals surface area contributed by atoms with Gasteiger partial charge in [-0.3, -0.25) is 9.69 Å². The summed E-state index contributed by atoms with van der Waals surface area (Å²) in [5, 5.41) is 0. The van der Waals surface area contributed by atoms with Crippen molar-refractivity contribution in [3.63, 3.8) is 0 Å².